The number of rotatable bonds is 3. The molecule has 0 radical (unpaired) electrons. The Bertz CT molecular complexity index is 703. The van der Waals surface area contributed by atoms with Crippen molar-refractivity contribution in [3.63, 3.8) is 0 Å². The molecule has 2 saturated carbocycles. The van der Waals surface area contributed by atoms with Crippen molar-refractivity contribution in [2.45, 2.75) is 25.7 Å². The van der Waals surface area contributed by atoms with Crippen LogP contribution in [0.15, 0.2) is 35.6 Å². The first-order chi connectivity index (χ1) is 10.3. The predicted molar refractivity (Wildman–Crippen MR) is 83.2 cm³/mol. The second-order valence-corrected chi connectivity index (χ2v) is 6.31. The third kappa shape index (κ3) is 2.24. The van der Waals surface area contributed by atoms with E-state index in [-0.39, 0.29) is 5.91 Å². The number of hydrogen-bond acceptors (Lipinski definition) is 2. The van der Waals surface area contributed by atoms with Gasteiger partial charge in [-0.2, -0.15) is 5.10 Å². The molecule has 0 unspecified atom stereocenters. The fraction of sp³-hybridized carbons (Fsp3) is 0.412. The van der Waals surface area contributed by atoms with Crippen molar-refractivity contribution in [1.82, 2.24) is 10.4 Å². The van der Waals surface area contributed by atoms with Crippen molar-refractivity contribution in [1.29, 1.82) is 0 Å². The number of amides is 1. The molecule has 2 N–H and O–H groups in total. The molecule has 1 aromatic carbocycles. The smallest absolute Gasteiger partial charge is 0.273 e. The molecular formula is C17H19N3O. The molecule has 2 aliphatic carbocycles. The van der Waals surface area contributed by atoms with Gasteiger partial charge in [0, 0.05) is 23.3 Å². The predicted octanol–water partition coefficient (Wildman–Crippen LogP) is 3.32. The molecule has 1 heterocycles. The standard InChI is InChI=1S/C17H19N3O/c21-17(15-10-18-16-4-2-1-3-14(15)16)20-19-9-13-8-11-5-6-12(13)7-11/h1-4,9-13,18H,5-8H2,(H,20,21)/b19-9-/t11-,12-,13-/m0/s1. The number of carbonyl (C=O) groups excluding carboxylic acids is 1. The minimum atomic E-state index is -0.146. The normalized spacial score (nSPS) is 27.7. The van der Waals surface area contributed by atoms with E-state index >= 15 is 0 Å². The summed E-state index contributed by atoms with van der Waals surface area (Å²) in [6.45, 7) is 0. The van der Waals surface area contributed by atoms with Gasteiger partial charge in [0.2, 0.25) is 0 Å². The van der Waals surface area contributed by atoms with E-state index in [0.29, 0.717) is 11.5 Å². The number of benzene rings is 1. The van der Waals surface area contributed by atoms with Crippen LogP contribution in [0.1, 0.15) is 36.0 Å². The van der Waals surface area contributed by atoms with Crippen LogP contribution in [0, 0.1) is 17.8 Å². The minimum Gasteiger partial charge on any atom is -0.360 e. The Labute approximate surface area is 123 Å². The number of fused-ring (bicyclic) bond motifs is 3. The number of hydrazone groups is 1. The zero-order valence-corrected chi connectivity index (χ0v) is 11.9. The molecule has 0 aliphatic heterocycles. The van der Waals surface area contributed by atoms with E-state index in [4.69, 9.17) is 0 Å². The first-order valence-electron chi connectivity index (χ1n) is 7.71. The number of nitrogens with zero attached hydrogens (tertiary/aromatic N) is 1. The zero-order chi connectivity index (χ0) is 14.2. The molecule has 2 aromatic rings. The van der Waals surface area contributed by atoms with Crippen molar-refractivity contribution in [2.75, 3.05) is 0 Å². The van der Waals surface area contributed by atoms with Gasteiger partial charge in [0.15, 0.2) is 0 Å². The molecule has 108 valence electrons. The van der Waals surface area contributed by atoms with E-state index in [1.54, 1.807) is 6.20 Å². The second-order valence-electron chi connectivity index (χ2n) is 6.31. The van der Waals surface area contributed by atoms with Crippen molar-refractivity contribution in [3.8, 4) is 0 Å². The van der Waals surface area contributed by atoms with Gasteiger partial charge in [-0.25, -0.2) is 5.43 Å². The molecule has 4 nitrogen and oxygen atoms in total. The fourth-order valence-corrected chi connectivity index (χ4v) is 3.99. The van der Waals surface area contributed by atoms with Crippen molar-refractivity contribution < 1.29 is 4.79 Å². The summed E-state index contributed by atoms with van der Waals surface area (Å²) in [5.74, 6) is 2.11. The maximum atomic E-state index is 12.2. The molecule has 2 fully saturated rings. The van der Waals surface area contributed by atoms with Gasteiger partial charge < -0.3 is 4.98 Å². The molecule has 0 saturated heterocycles. The Morgan fingerprint density at radius 2 is 2.19 bits per heavy atom. The van der Waals surface area contributed by atoms with Gasteiger partial charge in [0.05, 0.1) is 5.56 Å². The highest BCUT2D eigenvalue weighted by molar-refractivity contribution is 6.06. The molecule has 1 amide bonds. The van der Waals surface area contributed by atoms with E-state index in [2.05, 4.69) is 15.5 Å². The molecular weight excluding hydrogens is 262 g/mol. The van der Waals surface area contributed by atoms with E-state index in [1.807, 2.05) is 30.5 Å². The van der Waals surface area contributed by atoms with Crippen LogP contribution in [0.4, 0.5) is 0 Å². The van der Waals surface area contributed by atoms with Crippen LogP contribution in [0.2, 0.25) is 0 Å². The quantitative estimate of drug-likeness (QED) is 0.658. The largest absolute Gasteiger partial charge is 0.360 e. The van der Waals surface area contributed by atoms with Crippen molar-refractivity contribution >= 4 is 23.0 Å². The Hall–Kier alpha value is -2.10. The number of para-hydroxylation sites is 1. The number of H-pyrrole nitrogens is 1. The maximum Gasteiger partial charge on any atom is 0.273 e. The molecule has 0 spiro atoms. The van der Waals surface area contributed by atoms with E-state index < -0.39 is 0 Å². The molecule has 21 heavy (non-hydrogen) atoms. The zero-order valence-electron chi connectivity index (χ0n) is 11.9. The van der Waals surface area contributed by atoms with Gasteiger partial charge in [0.25, 0.3) is 5.91 Å². The molecule has 2 aliphatic rings. The Morgan fingerprint density at radius 1 is 1.29 bits per heavy atom. The SMILES string of the molecule is O=C(N/N=C\[C@@H]1C[C@H]2CC[C@H]1C2)c1c[nH]c2ccccc12. The summed E-state index contributed by atoms with van der Waals surface area (Å²) in [5.41, 5.74) is 4.29. The van der Waals surface area contributed by atoms with Crippen LogP contribution < -0.4 is 5.43 Å². The first-order valence-corrected chi connectivity index (χ1v) is 7.71. The third-order valence-electron chi connectivity index (χ3n) is 5.06. The van der Waals surface area contributed by atoms with Gasteiger partial charge in [0.1, 0.15) is 0 Å². The Kier molecular flexibility index (Phi) is 3.02. The van der Waals surface area contributed by atoms with Gasteiger partial charge in [-0.05, 0) is 43.1 Å². The number of aromatic nitrogens is 1. The lowest BCUT2D eigenvalue weighted by Crippen LogP contribution is -2.19. The van der Waals surface area contributed by atoms with Crippen LogP contribution in [0.25, 0.3) is 10.9 Å². The van der Waals surface area contributed by atoms with E-state index in [9.17, 15) is 4.79 Å². The molecule has 3 atom stereocenters. The number of carbonyl (C=O) groups is 1. The topological polar surface area (TPSA) is 57.2 Å². The summed E-state index contributed by atoms with van der Waals surface area (Å²) < 4.78 is 0. The summed E-state index contributed by atoms with van der Waals surface area (Å²) >= 11 is 0. The highest BCUT2D eigenvalue weighted by Gasteiger charge is 2.38. The average molecular weight is 281 g/mol. The van der Waals surface area contributed by atoms with Crippen LogP contribution >= 0.6 is 0 Å². The highest BCUT2D eigenvalue weighted by atomic mass is 16.2. The fourth-order valence-electron chi connectivity index (χ4n) is 3.99. The summed E-state index contributed by atoms with van der Waals surface area (Å²) in [6, 6.07) is 7.80. The maximum absolute atomic E-state index is 12.2. The summed E-state index contributed by atoms with van der Waals surface area (Å²) in [6.07, 6.45) is 9.02. The van der Waals surface area contributed by atoms with Crippen LogP contribution in [0.3, 0.4) is 0 Å². The van der Waals surface area contributed by atoms with Gasteiger partial charge in [-0.3, -0.25) is 4.79 Å². The van der Waals surface area contributed by atoms with Crippen LogP contribution in [-0.4, -0.2) is 17.1 Å². The van der Waals surface area contributed by atoms with E-state index in [1.165, 1.54) is 25.7 Å². The van der Waals surface area contributed by atoms with E-state index in [0.717, 1.165) is 22.7 Å². The molecule has 1 aromatic heterocycles. The first kappa shape index (κ1) is 12.6. The lowest BCUT2D eigenvalue weighted by molar-refractivity contribution is 0.0956. The highest BCUT2D eigenvalue weighted by Crippen LogP contribution is 2.47. The lowest BCUT2D eigenvalue weighted by Gasteiger charge is -2.16. The Morgan fingerprint density at radius 3 is 3.00 bits per heavy atom. The number of aromatic amines is 1. The average Bonchev–Trinajstić information content (AvgIpc) is 3.21. The van der Waals surface area contributed by atoms with Gasteiger partial charge in [-0.15, -0.1) is 0 Å². The van der Waals surface area contributed by atoms with Crippen molar-refractivity contribution in [3.05, 3.63) is 36.0 Å². The number of hydrogen-bond donors (Lipinski definition) is 2. The van der Waals surface area contributed by atoms with Gasteiger partial charge in [-0.1, -0.05) is 24.6 Å². The Balaban J connectivity index is 1.44. The summed E-state index contributed by atoms with van der Waals surface area (Å²) in [7, 11) is 0. The third-order valence-corrected chi connectivity index (χ3v) is 5.06. The summed E-state index contributed by atoms with van der Waals surface area (Å²) in [5, 5.41) is 5.13. The van der Waals surface area contributed by atoms with Crippen LogP contribution in [0.5, 0.6) is 0 Å². The number of nitrogens with one attached hydrogen (secondary N) is 2. The van der Waals surface area contributed by atoms with Gasteiger partial charge >= 0.3 is 0 Å². The lowest BCUT2D eigenvalue weighted by atomic mass is 9.90. The second kappa shape index (κ2) is 5.02. The molecule has 4 rings (SSSR count). The molecule has 2 bridgehead atoms. The monoisotopic (exact) mass is 281 g/mol. The van der Waals surface area contributed by atoms with Crippen LogP contribution in [-0.2, 0) is 0 Å². The summed E-state index contributed by atoms with van der Waals surface area (Å²) in [4.78, 5) is 15.3. The van der Waals surface area contributed by atoms with Crippen molar-refractivity contribution in [2.24, 2.45) is 22.9 Å². The minimum absolute atomic E-state index is 0.146. The molecule has 4 heteroatoms.